The smallest absolute Gasteiger partial charge is 0.255 e. The first-order valence-corrected chi connectivity index (χ1v) is 15.5. The van der Waals surface area contributed by atoms with E-state index in [0.717, 1.165) is 5.56 Å². The van der Waals surface area contributed by atoms with E-state index < -0.39 is 10.0 Å². The molecule has 0 spiro atoms. The Kier molecular flexibility index (Phi) is 10.2. The van der Waals surface area contributed by atoms with Gasteiger partial charge in [-0.2, -0.15) is 4.31 Å². The molecule has 0 aliphatic carbocycles. The van der Waals surface area contributed by atoms with Gasteiger partial charge in [-0.15, -0.1) is 0 Å². The number of benzene rings is 3. The Balaban J connectivity index is 1.52. The van der Waals surface area contributed by atoms with Gasteiger partial charge in [0.05, 0.1) is 22.0 Å². The molecule has 0 radical (unpaired) electrons. The number of likely N-dealkylation sites (tertiary alicyclic amines) is 1. The third-order valence-electron chi connectivity index (χ3n) is 7.04. The zero-order chi connectivity index (χ0) is 28.7. The standard InChI is InChI=1S/C30H33Cl2N3O4S/c1-2-17-34(40(38,39)26-11-7-4-8-12-26)22-29(36)35(21-23-9-5-3-6-10-23)25-15-18-33(19-16-25)30(37)27-14-13-24(31)20-28(27)32/h3-14,20,25H,2,15-19,21-22H2,1H3. The molecule has 0 N–H and O–H groups in total. The van der Waals surface area contributed by atoms with Gasteiger partial charge in [-0.1, -0.05) is 78.7 Å². The molecule has 4 rings (SSSR count). The van der Waals surface area contributed by atoms with E-state index in [9.17, 15) is 18.0 Å². The number of carbonyl (C=O) groups is 2. The maximum Gasteiger partial charge on any atom is 0.255 e. The molecule has 1 saturated heterocycles. The first-order valence-electron chi connectivity index (χ1n) is 13.3. The van der Waals surface area contributed by atoms with Gasteiger partial charge < -0.3 is 9.80 Å². The molecule has 3 aromatic carbocycles. The zero-order valence-corrected chi connectivity index (χ0v) is 24.7. The summed E-state index contributed by atoms with van der Waals surface area (Å²) in [6, 6.07) is 22.5. The molecule has 7 nitrogen and oxygen atoms in total. The Morgan fingerprint density at radius 2 is 1.55 bits per heavy atom. The van der Waals surface area contributed by atoms with Crippen molar-refractivity contribution in [2.45, 2.75) is 43.7 Å². The fourth-order valence-corrected chi connectivity index (χ4v) is 6.92. The number of amides is 2. The topological polar surface area (TPSA) is 78.0 Å². The minimum absolute atomic E-state index is 0.152. The average Bonchev–Trinajstić information content (AvgIpc) is 2.96. The van der Waals surface area contributed by atoms with Crippen molar-refractivity contribution in [3.8, 4) is 0 Å². The number of halogens is 2. The highest BCUT2D eigenvalue weighted by Crippen LogP contribution is 2.26. The van der Waals surface area contributed by atoms with E-state index in [1.54, 1.807) is 58.3 Å². The van der Waals surface area contributed by atoms with Crippen molar-refractivity contribution in [2.75, 3.05) is 26.2 Å². The molecule has 40 heavy (non-hydrogen) atoms. The molecule has 0 aromatic heterocycles. The summed E-state index contributed by atoms with van der Waals surface area (Å²) < 4.78 is 28.1. The van der Waals surface area contributed by atoms with Gasteiger partial charge in [0.2, 0.25) is 15.9 Å². The minimum Gasteiger partial charge on any atom is -0.338 e. The molecule has 1 heterocycles. The Morgan fingerprint density at radius 1 is 0.925 bits per heavy atom. The summed E-state index contributed by atoms with van der Waals surface area (Å²) in [4.78, 5) is 30.6. The van der Waals surface area contributed by atoms with Crippen molar-refractivity contribution in [3.05, 3.63) is 100 Å². The monoisotopic (exact) mass is 601 g/mol. The van der Waals surface area contributed by atoms with Crippen LogP contribution < -0.4 is 0 Å². The van der Waals surface area contributed by atoms with E-state index >= 15 is 0 Å². The molecular weight excluding hydrogens is 569 g/mol. The van der Waals surface area contributed by atoms with Crippen LogP contribution in [-0.2, 0) is 21.4 Å². The predicted molar refractivity (Wildman–Crippen MR) is 158 cm³/mol. The molecule has 212 valence electrons. The molecule has 1 aliphatic rings. The van der Waals surface area contributed by atoms with Gasteiger partial charge in [-0.05, 0) is 55.2 Å². The van der Waals surface area contributed by atoms with Gasteiger partial charge in [0.25, 0.3) is 5.91 Å². The van der Waals surface area contributed by atoms with Crippen LogP contribution in [0.1, 0.15) is 42.1 Å². The van der Waals surface area contributed by atoms with Crippen molar-refractivity contribution in [1.29, 1.82) is 0 Å². The van der Waals surface area contributed by atoms with Crippen molar-refractivity contribution < 1.29 is 18.0 Å². The van der Waals surface area contributed by atoms with E-state index in [-0.39, 0.29) is 35.8 Å². The van der Waals surface area contributed by atoms with Crippen LogP contribution in [0.5, 0.6) is 0 Å². The molecule has 3 aromatic rings. The molecule has 1 fully saturated rings. The molecule has 0 saturated carbocycles. The Labute approximate surface area is 246 Å². The molecule has 0 bridgehead atoms. The van der Waals surface area contributed by atoms with E-state index in [2.05, 4.69) is 0 Å². The molecular formula is C30H33Cl2N3O4S. The molecule has 1 aliphatic heterocycles. The van der Waals surface area contributed by atoms with Crippen LogP contribution in [0.15, 0.2) is 83.8 Å². The number of piperidine rings is 1. The number of sulfonamides is 1. The number of rotatable bonds is 10. The van der Waals surface area contributed by atoms with E-state index in [0.29, 0.717) is 54.5 Å². The third-order valence-corrected chi connectivity index (χ3v) is 9.44. The fourth-order valence-electron chi connectivity index (χ4n) is 4.93. The summed E-state index contributed by atoms with van der Waals surface area (Å²) >= 11 is 12.3. The summed E-state index contributed by atoms with van der Waals surface area (Å²) in [5.74, 6) is -0.438. The zero-order valence-electron chi connectivity index (χ0n) is 22.4. The second-order valence-electron chi connectivity index (χ2n) is 9.81. The molecule has 2 amide bonds. The van der Waals surface area contributed by atoms with E-state index in [4.69, 9.17) is 23.2 Å². The van der Waals surface area contributed by atoms with Crippen LogP contribution in [0.4, 0.5) is 0 Å². The van der Waals surface area contributed by atoms with Crippen molar-refractivity contribution >= 4 is 45.0 Å². The fraction of sp³-hybridized carbons (Fsp3) is 0.333. The lowest BCUT2D eigenvalue weighted by Crippen LogP contribution is -2.51. The highest BCUT2D eigenvalue weighted by atomic mass is 35.5. The highest BCUT2D eigenvalue weighted by Gasteiger charge is 2.33. The van der Waals surface area contributed by atoms with Crippen molar-refractivity contribution in [1.82, 2.24) is 14.1 Å². The van der Waals surface area contributed by atoms with Crippen molar-refractivity contribution in [2.24, 2.45) is 0 Å². The van der Waals surface area contributed by atoms with Crippen LogP contribution in [0, 0.1) is 0 Å². The van der Waals surface area contributed by atoms with Gasteiger partial charge in [0.1, 0.15) is 0 Å². The normalized spacial score (nSPS) is 14.3. The van der Waals surface area contributed by atoms with E-state index in [1.807, 2.05) is 37.3 Å². The van der Waals surface area contributed by atoms with Crippen LogP contribution in [0.25, 0.3) is 0 Å². The minimum atomic E-state index is -3.84. The molecule has 0 unspecified atom stereocenters. The second kappa shape index (κ2) is 13.6. The average molecular weight is 603 g/mol. The van der Waals surface area contributed by atoms with Gasteiger partial charge in [0, 0.05) is 37.2 Å². The Morgan fingerprint density at radius 3 is 2.15 bits per heavy atom. The first kappa shape index (κ1) is 30.1. The van der Waals surface area contributed by atoms with Gasteiger partial charge in [0.15, 0.2) is 0 Å². The summed E-state index contributed by atoms with van der Waals surface area (Å²) in [6.45, 7) is 3.12. The Bertz CT molecular complexity index is 1410. The van der Waals surface area contributed by atoms with Gasteiger partial charge >= 0.3 is 0 Å². The van der Waals surface area contributed by atoms with Crippen LogP contribution in [0.2, 0.25) is 10.0 Å². The molecule has 10 heteroatoms. The highest BCUT2D eigenvalue weighted by molar-refractivity contribution is 7.89. The van der Waals surface area contributed by atoms with E-state index in [1.165, 1.54) is 4.31 Å². The lowest BCUT2D eigenvalue weighted by atomic mass is 10.0. The van der Waals surface area contributed by atoms with Gasteiger partial charge in [-0.3, -0.25) is 9.59 Å². The summed E-state index contributed by atoms with van der Waals surface area (Å²) in [6.07, 6.45) is 1.70. The number of carbonyl (C=O) groups excluding carboxylic acids is 2. The third kappa shape index (κ3) is 7.23. The summed E-state index contributed by atoms with van der Waals surface area (Å²) in [7, 11) is -3.84. The maximum atomic E-state index is 13.8. The summed E-state index contributed by atoms with van der Waals surface area (Å²) in [5, 5.41) is 0.762. The number of nitrogens with zero attached hydrogens (tertiary/aromatic N) is 3. The first-order chi connectivity index (χ1) is 19.2. The van der Waals surface area contributed by atoms with Crippen LogP contribution in [0.3, 0.4) is 0 Å². The SMILES string of the molecule is CCCN(CC(=O)N(Cc1ccccc1)C1CCN(C(=O)c2ccc(Cl)cc2Cl)CC1)S(=O)(=O)c1ccccc1. The van der Waals surface area contributed by atoms with Crippen LogP contribution >= 0.6 is 23.2 Å². The number of hydrogen-bond acceptors (Lipinski definition) is 4. The Hall–Kier alpha value is -2.91. The van der Waals surface area contributed by atoms with Crippen LogP contribution in [-0.4, -0.2) is 66.6 Å². The second-order valence-corrected chi connectivity index (χ2v) is 12.6. The summed E-state index contributed by atoms with van der Waals surface area (Å²) in [5.41, 5.74) is 1.35. The largest absolute Gasteiger partial charge is 0.338 e. The maximum absolute atomic E-state index is 13.8. The lowest BCUT2D eigenvalue weighted by Gasteiger charge is -2.39. The predicted octanol–water partition coefficient (Wildman–Crippen LogP) is 5.73. The van der Waals surface area contributed by atoms with Gasteiger partial charge in [-0.25, -0.2) is 8.42 Å². The molecule has 0 atom stereocenters. The quantitative estimate of drug-likeness (QED) is 0.297. The lowest BCUT2D eigenvalue weighted by molar-refractivity contribution is -0.135. The number of hydrogen-bond donors (Lipinski definition) is 0. The van der Waals surface area contributed by atoms with Crippen molar-refractivity contribution in [3.63, 3.8) is 0 Å².